The van der Waals surface area contributed by atoms with Crippen molar-refractivity contribution in [1.29, 1.82) is 0 Å². The highest BCUT2D eigenvalue weighted by molar-refractivity contribution is 5.73. The van der Waals surface area contributed by atoms with Gasteiger partial charge in [0.2, 0.25) is 0 Å². The zero-order chi connectivity index (χ0) is 23.9. The number of hydrogen-bond acceptors (Lipinski definition) is 3. The molecular weight excluding hydrogens is 398 g/mol. The fourth-order valence-electron chi connectivity index (χ4n) is 4.06. The molecule has 0 aliphatic rings. The molecular formula is C27H58N3O2+. The Kier molecular flexibility index (Phi) is 21.7. The molecule has 0 spiro atoms. The smallest absolute Gasteiger partial charge is 0.320 e. The average molecular weight is 457 g/mol. The van der Waals surface area contributed by atoms with Crippen LogP contribution in [-0.2, 0) is 4.79 Å². The highest BCUT2D eigenvalue weighted by Crippen LogP contribution is 2.12. The van der Waals surface area contributed by atoms with Crippen molar-refractivity contribution in [3.05, 3.63) is 0 Å². The summed E-state index contributed by atoms with van der Waals surface area (Å²) in [6, 6.07) is -0.410. The summed E-state index contributed by atoms with van der Waals surface area (Å²) in [5, 5.41) is 16.1. The zero-order valence-corrected chi connectivity index (χ0v) is 22.2. The van der Waals surface area contributed by atoms with Gasteiger partial charge >= 0.3 is 5.97 Å². The van der Waals surface area contributed by atoms with Crippen LogP contribution < -0.4 is 10.6 Å². The van der Waals surface area contributed by atoms with E-state index in [0.717, 1.165) is 43.5 Å². The van der Waals surface area contributed by atoms with E-state index in [1.165, 1.54) is 89.9 Å². The molecule has 1 atom stereocenters. The number of hydrogen-bond donors (Lipinski definition) is 3. The minimum atomic E-state index is -0.721. The first-order valence-corrected chi connectivity index (χ1v) is 13.8. The number of likely N-dealkylation sites (N-methyl/N-ethyl adjacent to an activating group) is 1. The van der Waals surface area contributed by atoms with Crippen LogP contribution in [0.15, 0.2) is 0 Å². The summed E-state index contributed by atoms with van der Waals surface area (Å²) < 4.78 is 0.850. The van der Waals surface area contributed by atoms with Gasteiger partial charge in [-0.3, -0.25) is 10.1 Å². The molecule has 0 aliphatic carbocycles. The summed E-state index contributed by atoms with van der Waals surface area (Å²) in [5.41, 5.74) is 0. The number of carboxylic acid groups (broad SMARTS) is 1. The van der Waals surface area contributed by atoms with Crippen LogP contribution in [0.5, 0.6) is 0 Å². The lowest BCUT2D eigenvalue weighted by atomic mass is 10.0. The van der Waals surface area contributed by atoms with Crippen molar-refractivity contribution >= 4 is 5.97 Å². The molecule has 0 fully saturated rings. The Morgan fingerprint density at radius 2 is 1.12 bits per heavy atom. The second-order valence-corrected chi connectivity index (χ2v) is 10.7. The summed E-state index contributed by atoms with van der Waals surface area (Å²) in [6.45, 7) is 6.07. The van der Waals surface area contributed by atoms with Crippen LogP contribution in [0.2, 0.25) is 0 Å². The van der Waals surface area contributed by atoms with Gasteiger partial charge in [0, 0.05) is 6.54 Å². The predicted octanol–water partition coefficient (Wildman–Crippen LogP) is 5.98. The number of nitrogens with zero attached hydrogens (tertiary/aromatic N) is 1. The summed E-state index contributed by atoms with van der Waals surface area (Å²) in [6.07, 6.45) is 22.3. The van der Waals surface area contributed by atoms with Crippen molar-refractivity contribution in [3.8, 4) is 0 Å². The zero-order valence-electron chi connectivity index (χ0n) is 22.2. The molecule has 0 rings (SSSR count). The first-order valence-electron chi connectivity index (χ1n) is 13.8. The monoisotopic (exact) mass is 456 g/mol. The van der Waals surface area contributed by atoms with E-state index in [1.54, 1.807) is 0 Å². The van der Waals surface area contributed by atoms with E-state index in [9.17, 15) is 9.90 Å². The Balaban J connectivity index is 3.33. The van der Waals surface area contributed by atoms with Crippen LogP contribution >= 0.6 is 0 Å². The maximum atomic E-state index is 11.4. The van der Waals surface area contributed by atoms with Gasteiger partial charge in [-0.05, 0) is 32.4 Å². The second-order valence-electron chi connectivity index (χ2n) is 10.7. The Morgan fingerprint density at radius 3 is 1.56 bits per heavy atom. The van der Waals surface area contributed by atoms with E-state index in [4.69, 9.17) is 0 Å². The molecule has 0 aromatic heterocycles. The molecule has 0 bridgehead atoms. The summed E-state index contributed by atoms with van der Waals surface area (Å²) >= 11 is 0. The predicted molar refractivity (Wildman–Crippen MR) is 139 cm³/mol. The number of carboxylic acids is 1. The Morgan fingerprint density at radius 1 is 0.688 bits per heavy atom. The number of rotatable bonds is 25. The molecule has 3 N–H and O–H groups in total. The molecule has 0 aromatic carbocycles. The van der Waals surface area contributed by atoms with Crippen LogP contribution in [-0.4, -0.2) is 68.9 Å². The van der Waals surface area contributed by atoms with Gasteiger partial charge in [0.1, 0.15) is 6.04 Å². The lowest BCUT2D eigenvalue weighted by Crippen LogP contribution is -2.45. The van der Waals surface area contributed by atoms with Gasteiger partial charge < -0.3 is 14.9 Å². The number of unbranched alkanes of at least 4 members (excludes halogenated alkanes) is 14. The normalized spacial score (nSPS) is 12.9. The Bertz CT molecular complexity index is 410. The largest absolute Gasteiger partial charge is 0.480 e. The SMILES string of the molecule is CCCCCCCCCCCCCCCCNCCCC[C@H](NCC[N+](C)(C)C)C(=O)O. The van der Waals surface area contributed by atoms with Gasteiger partial charge in [0.25, 0.3) is 0 Å². The van der Waals surface area contributed by atoms with Gasteiger partial charge in [-0.1, -0.05) is 96.8 Å². The van der Waals surface area contributed by atoms with Crippen molar-refractivity contribution in [2.45, 2.75) is 122 Å². The molecule has 0 radical (unpaired) electrons. The fourth-order valence-corrected chi connectivity index (χ4v) is 4.06. The van der Waals surface area contributed by atoms with Crippen LogP contribution in [0.25, 0.3) is 0 Å². The summed E-state index contributed by atoms with van der Waals surface area (Å²) in [5.74, 6) is -0.721. The van der Waals surface area contributed by atoms with Gasteiger partial charge in [-0.25, -0.2) is 0 Å². The Labute approximate surface area is 200 Å². The molecule has 192 valence electrons. The summed E-state index contributed by atoms with van der Waals surface area (Å²) in [7, 11) is 6.38. The molecule has 5 heteroatoms. The number of quaternary nitrogens is 1. The van der Waals surface area contributed by atoms with Gasteiger partial charge in [-0.2, -0.15) is 0 Å². The molecule has 32 heavy (non-hydrogen) atoms. The third-order valence-corrected chi connectivity index (χ3v) is 6.27. The quantitative estimate of drug-likeness (QED) is 0.117. The topological polar surface area (TPSA) is 61.4 Å². The first-order chi connectivity index (χ1) is 15.4. The molecule has 0 saturated heterocycles. The highest BCUT2D eigenvalue weighted by Gasteiger charge is 2.17. The minimum absolute atomic E-state index is 0.410. The van der Waals surface area contributed by atoms with Crippen molar-refractivity contribution in [2.75, 3.05) is 47.3 Å². The van der Waals surface area contributed by atoms with Gasteiger partial charge in [-0.15, -0.1) is 0 Å². The van der Waals surface area contributed by atoms with E-state index in [2.05, 4.69) is 38.7 Å². The van der Waals surface area contributed by atoms with Crippen LogP contribution in [0.1, 0.15) is 116 Å². The van der Waals surface area contributed by atoms with Crippen molar-refractivity contribution in [1.82, 2.24) is 10.6 Å². The molecule has 0 aromatic rings. The fraction of sp³-hybridized carbons (Fsp3) is 0.963. The third kappa shape index (κ3) is 24.0. The van der Waals surface area contributed by atoms with E-state index in [0.29, 0.717) is 6.42 Å². The Hall–Kier alpha value is -0.650. The van der Waals surface area contributed by atoms with E-state index < -0.39 is 12.0 Å². The van der Waals surface area contributed by atoms with E-state index in [1.807, 2.05) is 0 Å². The van der Waals surface area contributed by atoms with Crippen molar-refractivity contribution in [2.24, 2.45) is 0 Å². The molecule has 0 unspecified atom stereocenters. The third-order valence-electron chi connectivity index (χ3n) is 6.27. The molecule has 5 nitrogen and oxygen atoms in total. The van der Waals surface area contributed by atoms with Crippen molar-refractivity contribution < 1.29 is 14.4 Å². The van der Waals surface area contributed by atoms with E-state index >= 15 is 0 Å². The molecule has 0 heterocycles. The molecule has 0 amide bonds. The number of aliphatic carboxylic acids is 1. The lowest BCUT2D eigenvalue weighted by molar-refractivity contribution is -0.869. The van der Waals surface area contributed by atoms with Crippen LogP contribution in [0.3, 0.4) is 0 Å². The van der Waals surface area contributed by atoms with Crippen LogP contribution in [0, 0.1) is 0 Å². The van der Waals surface area contributed by atoms with E-state index in [-0.39, 0.29) is 0 Å². The maximum Gasteiger partial charge on any atom is 0.320 e. The minimum Gasteiger partial charge on any atom is -0.480 e. The molecule has 0 aliphatic heterocycles. The van der Waals surface area contributed by atoms with Crippen LogP contribution in [0.4, 0.5) is 0 Å². The van der Waals surface area contributed by atoms with Gasteiger partial charge in [0.05, 0.1) is 27.7 Å². The first kappa shape index (κ1) is 31.4. The average Bonchev–Trinajstić information content (AvgIpc) is 2.73. The summed E-state index contributed by atoms with van der Waals surface area (Å²) in [4.78, 5) is 11.4. The number of nitrogens with one attached hydrogen (secondary N) is 2. The maximum absolute atomic E-state index is 11.4. The molecule has 0 saturated carbocycles. The standard InChI is InChI=1S/C27H57N3O2/c1-5-6-7-8-9-10-11-12-13-14-15-16-17-19-22-28-23-20-18-21-26(27(31)32)29-24-25-30(2,3)4/h26,28-29H,5-25H2,1-4H3/p+1/t26-/m0/s1. The highest BCUT2D eigenvalue weighted by atomic mass is 16.4. The second kappa shape index (κ2) is 22.2. The lowest BCUT2D eigenvalue weighted by Gasteiger charge is -2.25. The van der Waals surface area contributed by atoms with Crippen molar-refractivity contribution in [3.63, 3.8) is 0 Å². The van der Waals surface area contributed by atoms with Gasteiger partial charge in [0.15, 0.2) is 0 Å². The number of carbonyl (C=O) groups is 1.